The van der Waals surface area contributed by atoms with Gasteiger partial charge >= 0.3 is 6.09 Å². The summed E-state index contributed by atoms with van der Waals surface area (Å²) >= 11 is 0. The van der Waals surface area contributed by atoms with Gasteiger partial charge in [0.15, 0.2) is 0 Å². The summed E-state index contributed by atoms with van der Waals surface area (Å²) in [7, 11) is 0. The number of nitrogens with one attached hydrogen (secondary N) is 1. The van der Waals surface area contributed by atoms with E-state index in [4.69, 9.17) is 19.4 Å². The number of amides is 1. The highest BCUT2D eigenvalue weighted by molar-refractivity contribution is 5.81. The van der Waals surface area contributed by atoms with Crippen molar-refractivity contribution in [2.24, 2.45) is 0 Å². The second-order valence-electron chi connectivity index (χ2n) is 9.91. The first-order valence-corrected chi connectivity index (χ1v) is 11.7. The number of morpholine rings is 1. The second-order valence-corrected chi connectivity index (χ2v) is 9.91. The van der Waals surface area contributed by atoms with Gasteiger partial charge in [-0.05, 0) is 71.9 Å². The Kier molecular flexibility index (Phi) is 6.70. The zero-order valence-corrected chi connectivity index (χ0v) is 20.7. The summed E-state index contributed by atoms with van der Waals surface area (Å²) in [5.74, 6) is 0.923. The van der Waals surface area contributed by atoms with Crippen LogP contribution in [0.25, 0.3) is 22.3 Å². The Labute approximate surface area is 200 Å². The average molecular weight is 464 g/mol. The van der Waals surface area contributed by atoms with Crippen LogP contribution in [0.1, 0.15) is 53.3 Å². The molecule has 0 radical (unpaired) electrons. The van der Waals surface area contributed by atoms with Crippen molar-refractivity contribution in [1.29, 1.82) is 0 Å². The van der Waals surface area contributed by atoms with Crippen molar-refractivity contribution < 1.29 is 14.3 Å². The highest BCUT2D eigenvalue weighted by Gasteiger charge is 2.23. The molecule has 1 aliphatic rings. The predicted molar refractivity (Wildman–Crippen MR) is 133 cm³/mol. The number of alkyl carbamates (subject to hydrolysis) is 1. The monoisotopic (exact) mass is 463 g/mol. The van der Waals surface area contributed by atoms with E-state index in [1.54, 1.807) is 6.20 Å². The Morgan fingerprint density at radius 1 is 1.12 bits per heavy atom. The third kappa shape index (κ3) is 5.80. The molecule has 4 heterocycles. The zero-order valence-electron chi connectivity index (χ0n) is 20.7. The Morgan fingerprint density at radius 3 is 2.53 bits per heavy atom. The van der Waals surface area contributed by atoms with E-state index in [9.17, 15) is 4.79 Å². The maximum absolute atomic E-state index is 12.2. The first kappa shape index (κ1) is 23.9. The second kappa shape index (κ2) is 9.54. The fraction of sp³-hybridized carbons (Fsp3) is 0.462. The number of pyridine rings is 3. The van der Waals surface area contributed by atoms with Crippen LogP contribution in [0, 0.1) is 0 Å². The summed E-state index contributed by atoms with van der Waals surface area (Å²) in [5, 5.41) is 3.76. The molecule has 1 aliphatic heterocycles. The number of anilines is 1. The molecule has 8 heteroatoms. The van der Waals surface area contributed by atoms with Crippen LogP contribution in [-0.2, 0) is 9.47 Å². The predicted octanol–water partition coefficient (Wildman–Crippen LogP) is 4.89. The van der Waals surface area contributed by atoms with Crippen LogP contribution in [0.3, 0.4) is 0 Å². The lowest BCUT2D eigenvalue weighted by molar-refractivity contribution is -0.00545. The van der Waals surface area contributed by atoms with E-state index in [-0.39, 0.29) is 18.2 Å². The molecule has 1 unspecified atom stereocenters. The van der Waals surface area contributed by atoms with Crippen molar-refractivity contribution in [3.8, 4) is 11.4 Å². The molecule has 3 aromatic rings. The quantitative estimate of drug-likeness (QED) is 0.589. The first-order valence-electron chi connectivity index (χ1n) is 11.7. The molecule has 1 amide bonds. The van der Waals surface area contributed by atoms with Crippen LogP contribution in [0.2, 0.25) is 0 Å². The van der Waals surface area contributed by atoms with Gasteiger partial charge in [-0.2, -0.15) is 0 Å². The van der Waals surface area contributed by atoms with Gasteiger partial charge in [-0.25, -0.2) is 14.8 Å². The van der Waals surface area contributed by atoms with E-state index in [2.05, 4.69) is 29.0 Å². The number of fused-ring (bicyclic) bond motifs is 1. The normalized spacial score (nSPS) is 19.6. The molecule has 1 saturated heterocycles. The van der Waals surface area contributed by atoms with Gasteiger partial charge in [0.1, 0.15) is 11.4 Å². The molecule has 1 N–H and O–H groups in total. The van der Waals surface area contributed by atoms with Crippen molar-refractivity contribution in [2.75, 3.05) is 18.0 Å². The van der Waals surface area contributed by atoms with E-state index in [1.807, 2.05) is 64.1 Å². The number of carbonyl (C=O) groups excluding carboxylic acids is 1. The fourth-order valence-electron chi connectivity index (χ4n) is 4.08. The summed E-state index contributed by atoms with van der Waals surface area (Å²) < 4.78 is 11.2. The van der Waals surface area contributed by atoms with Crippen molar-refractivity contribution in [1.82, 2.24) is 20.3 Å². The topological polar surface area (TPSA) is 89.5 Å². The summed E-state index contributed by atoms with van der Waals surface area (Å²) in [4.78, 5) is 28.7. The molecule has 0 aromatic carbocycles. The SMILES string of the molecule is CC(NC(=O)OC(C)(C)C)c1cc2nc(-c3cccc(N4C[C@@H](C)O[C@@H](C)C4)n3)ccc2cn1. The Balaban J connectivity index is 1.57. The highest BCUT2D eigenvalue weighted by atomic mass is 16.6. The minimum absolute atomic E-state index is 0.162. The molecule has 3 atom stereocenters. The molecular formula is C26H33N5O3. The molecule has 0 aliphatic carbocycles. The van der Waals surface area contributed by atoms with E-state index < -0.39 is 11.7 Å². The number of rotatable bonds is 4. The van der Waals surface area contributed by atoms with Crippen molar-refractivity contribution >= 4 is 22.8 Å². The van der Waals surface area contributed by atoms with E-state index in [0.29, 0.717) is 5.69 Å². The number of hydrogen-bond acceptors (Lipinski definition) is 7. The maximum atomic E-state index is 12.2. The number of aromatic nitrogens is 3. The molecule has 180 valence electrons. The minimum Gasteiger partial charge on any atom is -0.444 e. The number of nitrogens with zero attached hydrogens (tertiary/aromatic N) is 4. The van der Waals surface area contributed by atoms with Crippen LogP contribution in [0.5, 0.6) is 0 Å². The van der Waals surface area contributed by atoms with Crippen molar-refractivity contribution in [3.05, 3.63) is 48.3 Å². The van der Waals surface area contributed by atoms with Gasteiger partial charge in [0.05, 0.1) is 40.8 Å². The van der Waals surface area contributed by atoms with Crippen LogP contribution in [-0.4, -0.2) is 51.9 Å². The summed E-state index contributed by atoms with van der Waals surface area (Å²) in [6.45, 7) is 13.2. The molecule has 0 bridgehead atoms. The van der Waals surface area contributed by atoms with Gasteiger partial charge in [0, 0.05) is 24.7 Å². The van der Waals surface area contributed by atoms with E-state index in [0.717, 1.165) is 41.2 Å². The average Bonchev–Trinajstić information content (AvgIpc) is 2.76. The summed E-state index contributed by atoms with van der Waals surface area (Å²) in [6, 6.07) is 11.5. The third-order valence-corrected chi connectivity index (χ3v) is 5.51. The smallest absolute Gasteiger partial charge is 0.408 e. The standard InChI is InChI=1S/C26H33N5O3/c1-16-14-31(15-17(2)33-16)24-9-7-8-20(30-24)21-11-10-19-13-27-22(12-23(19)29-21)18(3)28-25(32)34-26(4,5)6/h7-13,16-18H,14-15H2,1-6H3,(H,28,32)/t16-,17+,18?. The maximum Gasteiger partial charge on any atom is 0.408 e. The van der Waals surface area contributed by atoms with Crippen LogP contribution in [0.4, 0.5) is 10.6 Å². The van der Waals surface area contributed by atoms with Gasteiger partial charge in [0.2, 0.25) is 0 Å². The molecule has 4 rings (SSSR count). The molecule has 0 saturated carbocycles. The van der Waals surface area contributed by atoms with Crippen molar-refractivity contribution in [2.45, 2.75) is 65.4 Å². The Hall–Kier alpha value is -3.26. The molecule has 34 heavy (non-hydrogen) atoms. The molecule has 8 nitrogen and oxygen atoms in total. The van der Waals surface area contributed by atoms with Gasteiger partial charge in [-0.15, -0.1) is 0 Å². The van der Waals surface area contributed by atoms with Crippen LogP contribution in [0.15, 0.2) is 42.6 Å². The lowest BCUT2D eigenvalue weighted by Gasteiger charge is -2.36. The van der Waals surface area contributed by atoms with Crippen LogP contribution < -0.4 is 10.2 Å². The molecular weight excluding hydrogens is 430 g/mol. The van der Waals surface area contributed by atoms with E-state index >= 15 is 0 Å². The van der Waals surface area contributed by atoms with Gasteiger partial charge in [-0.3, -0.25) is 4.98 Å². The highest BCUT2D eigenvalue weighted by Crippen LogP contribution is 2.25. The van der Waals surface area contributed by atoms with Crippen molar-refractivity contribution in [3.63, 3.8) is 0 Å². The Morgan fingerprint density at radius 2 is 1.82 bits per heavy atom. The first-order chi connectivity index (χ1) is 16.1. The molecule has 1 fully saturated rings. The number of hydrogen-bond donors (Lipinski definition) is 1. The van der Waals surface area contributed by atoms with Gasteiger partial charge in [-0.1, -0.05) is 6.07 Å². The fourth-order valence-corrected chi connectivity index (χ4v) is 4.08. The number of ether oxygens (including phenoxy) is 2. The summed E-state index contributed by atoms with van der Waals surface area (Å²) in [5.41, 5.74) is 2.54. The van der Waals surface area contributed by atoms with Gasteiger partial charge in [0.25, 0.3) is 0 Å². The largest absolute Gasteiger partial charge is 0.444 e. The Bertz CT molecular complexity index is 1170. The summed E-state index contributed by atoms with van der Waals surface area (Å²) in [6.07, 6.45) is 1.62. The molecule has 0 spiro atoms. The third-order valence-electron chi connectivity index (χ3n) is 5.51. The minimum atomic E-state index is -0.560. The lowest BCUT2D eigenvalue weighted by atomic mass is 10.1. The van der Waals surface area contributed by atoms with Gasteiger partial charge < -0.3 is 19.7 Å². The van der Waals surface area contributed by atoms with E-state index in [1.165, 1.54) is 0 Å². The lowest BCUT2D eigenvalue weighted by Crippen LogP contribution is -2.45. The zero-order chi connectivity index (χ0) is 24.5. The number of carbonyl (C=O) groups is 1. The van der Waals surface area contributed by atoms with Crippen LogP contribution >= 0.6 is 0 Å². The molecule has 3 aromatic heterocycles.